The Morgan fingerprint density at radius 1 is 1.25 bits per heavy atom. The second kappa shape index (κ2) is 8.50. The fourth-order valence-electron chi connectivity index (χ4n) is 2.63. The molecule has 0 heterocycles. The predicted octanol–water partition coefficient (Wildman–Crippen LogP) is 3.41. The first-order valence-corrected chi connectivity index (χ1v) is 8.11. The first-order valence-electron chi connectivity index (χ1n) is 8.11. The Labute approximate surface area is 124 Å². The molecule has 0 aromatic rings. The van der Waals surface area contributed by atoms with E-state index in [1.807, 2.05) is 25.7 Å². The van der Waals surface area contributed by atoms with Crippen LogP contribution in [-0.2, 0) is 4.74 Å². The molecule has 0 unspecified atom stereocenters. The molecular weight excluding hydrogens is 252 g/mol. The molecule has 0 aromatic heterocycles. The summed E-state index contributed by atoms with van der Waals surface area (Å²) in [5.41, 5.74) is -0.416. The number of amides is 1. The van der Waals surface area contributed by atoms with E-state index < -0.39 is 5.60 Å². The Bertz CT molecular complexity index is 281. The fraction of sp³-hybridized carbons (Fsp3) is 0.938. The van der Waals surface area contributed by atoms with Crippen molar-refractivity contribution in [2.75, 3.05) is 26.2 Å². The van der Waals surface area contributed by atoms with Gasteiger partial charge in [0.05, 0.1) is 0 Å². The molecule has 0 spiro atoms. The Kier molecular flexibility index (Phi) is 7.35. The number of nitrogens with zero attached hydrogens (tertiary/aromatic N) is 1. The zero-order valence-corrected chi connectivity index (χ0v) is 13.7. The van der Waals surface area contributed by atoms with Crippen LogP contribution in [0.25, 0.3) is 0 Å². The summed E-state index contributed by atoms with van der Waals surface area (Å²) in [6.07, 6.45) is 6.25. The number of hydrogen-bond donors (Lipinski definition) is 1. The van der Waals surface area contributed by atoms with Gasteiger partial charge in [0.2, 0.25) is 0 Å². The molecule has 1 aliphatic rings. The zero-order valence-electron chi connectivity index (χ0n) is 13.7. The van der Waals surface area contributed by atoms with Crippen LogP contribution >= 0.6 is 0 Å². The molecule has 1 aliphatic carbocycles. The summed E-state index contributed by atoms with van der Waals surface area (Å²) in [4.78, 5) is 13.9. The van der Waals surface area contributed by atoms with E-state index >= 15 is 0 Å². The van der Waals surface area contributed by atoms with Crippen LogP contribution in [0.4, 0.5) is 4.79 Å². The van der Waals surface area contributed by atoms with E-state index in [9.17, 15) is 4.79 Å². The Morgan fingerprint density at radius 2 is 1.90 bits per heavy atom. The molecule has 0 aliphatic heterocycles. The van der Waals surface area contributed by atoms with E-state index in [1.54, 1.807) is 0 Å². The molecule has 20 heavy (non-hydrogen) atoms. The molecular formula is C16H32N2O2. The number of ether oxygens (including phenoxy) is 1. The Hall–Kier alpha value is -0.770. The van der Waals surface area contributed by atoms with Crippen molar-refractivity contribution >= 4 is 6.09 Å². The van der Waals surface area contributed by atoms with Gasteiger partial charge in [-0.3, -0.25) is 0 Å². The maximum absolute atomic E-state index is 12.1. The summed E-state index contributed by atoms with van der Waals surface area (Å²) < 4.78 is 5.44. The SMILES string of the molecule is CCCN(CCNCC1CCCC1)C(=O)OC(C)(C)C. The lowest BCUT2D eigenvalue weighted by atomic mass is 10.1. The quantitative estimate of drug-likeness (QED) is 0.728. The zero-order chi connectivity index (χ0) is 15.0. The van der Waals surface area contributed by atoms with Crippen molar-refractivity contribution < 1.29 is 9.53 Å². The Morgan fingerprint density at radius 3 is 2.45 bits per heavy atom. The van der Waals surface area contributed by atoms with Gasteiger partial charge in [0, 0.05) is 19.6 Å². The highest BCUT2D eigenvalue weighted by Crippen LogP contribution is 2.23. The molecule has 1 rings (SSSR count). The second-order valence-corrected chi connectivity index (χ2v) is 6.82. The maximum atomic E-state index is 12.1. The summed E-state index contributed by atoms with van der Waals surface area (Å²) in [5.74, 6) is 0.844. The molecule has 1 fully saturated rings. The van der Waals surface area contributed by atoms with Crippen molar-refractivity contribution in [2.24, 2.45) is 5.92 Å². The maximum Gasteiger partial charge on any atom is 0.410 e. The van der Waals surface area contributed by atoms with E-state index in [-0.39, 0.29) is 6.09 Å². The van der Waals surface area contributed by atoms with Crippen molar-refractivity contribution in [3.63, 3.8) is 0 Å². The number of hydrogen-bond acceptors (Lipinski definition) is 3. The third-order valence-electron chi connectivity index (χ3n) is 3.61. The minimum Gasteiger partial charge on any atom is -0.444 e. The molecule has 0 saturated heterocycles. The number of carbonyl (C=O) groups excluding carboxylic acids is 1. The molecule has 118 valence electrons. The lowest BCUT2D eigenvalue weighted by Gasteiger charge is -2.27. The summed E-state index contributed by atoms with van der Waals surface area (Å²) in [7, 11) is 0. The van der Waals surface area contributed by atoms with Crippen LogP contribution in [0, 0.1) is 5.92 Å². The average molecular weight is 284 g/mol. The van der Waals surface area contributed by atoms with Crippen LogP contribution in [0.3, 0.4) is 0 Å². The van der Waals surface area contributed by atoms with Crippen LogP contribution in [0.5, 0.6) is 0 Å². The molecule has 1 amide bonds. The van der Waals surface area contributed by atoms with Crippen LogP contribution in [0.2, 0.25) is 0 Å². The molecule has 1 N–H and O–H groups in total. The van der Waals surface area contributed by atoms with Gasteiger partial charge in [0.25, 0.3) is 0 Å². The molecule has 0 bridgehead atoms. The molecule has 0 atom stereocenters. The van der Waals surface area contributed by atoms with Gasteiger partial charge in [-0.25, -0.2) is 4.79 Å². The average Bonchev–Trinajstić information content (AvgIpc) is 2.83. The monoisotopic (exact) mass is 284 g/mol. The lowest BCUT2D eigenvalue weighted by molar-refractivity contribution is 0.0251. The number of carbonyl (C=O) groups is 1. The van der Waals surface area contributed by atoms with Gasteiger partial charge < -0.3 is 15.0 Å². The fourth-order valence-corrected chi connectivity index (χ4v) is 2.63. The van der Waals surface area contributed by atoms with Gasteiger partial charge in [-0.2, -0.15) is 0 Å². The summed E-state index contributed by atoms with van der Waals surface area (Å²) >= 11 is 0. The third-order valence-corrected chi connectivity index (χ3v) is 3.61. The van der Waals surface area contributed by atoms with Crippen molar-refractivity contribution in [2.45, 2.75) is 65.4 Å². The molecule has 0 radical (unpaired) electrons. The van der Waals surface area contributed by atoms with E-state index in [0.717, 1.165) is 38.5 Å². The van der Waals surface area contributed by atoms with E-state index in [0.29, 0.717) is 0 Å². The minimum atomic E-state index is -0.416. The smallest absolute Gasteiger partial charge is 0.410 e. The van der Waals surface area contributed by atoms with Crippen molar-refractivity contribution in [3.05, 3.63) is 0 Å². The van der Waals surface area contributed by atoms with E-state index in [1.165, 1.54) is 25.7 Å². The Balaban J connectivity index is 2.25. The normalized spacial score (nSPS) is 16.4. The number of nitrogens with one attached hydrogen (secondary N) is 1. The second-order valence-electron chi connectivity index (χ2n) is 6.82. The van der Waals surface area contributed by atoms with Crippen molar-refractivity contribution in [3.8, 4) is 0 Å². The largest absolute Gasteiger partial charge is 0.444 e. The molecule has 1 saturated carbocycles. The summed E-state index contributed by atoms with van der Waals surface area (Å²) in [6, 6.07) is 0. The highest BCUT2D eigenvalue weighted by atomic mass is 16.6. The van der Waals surface area contributed by atoms with Crippen LogP contribution in [0.1, 0.15) is 59.8 Å². The van der Waals surface area contributed by atoms with Crippen molar-refractivity contribution in [1.82, 2.24) is 10.2 Å². The van der Waals surface area contributed by atoms with Gasteiger partial charge in [-0.05, 0) is 52.5 Å². The topological polar surface area (TPSA) is 41.6 Å². The van der Waals surface area contributed by atoms with Crippen LogP contribution < -0.4 is 5.32 Å². The molecule has 4 heteroatoms. The first kappa shape index (κ1) is 17.3. The first-order chi connectivity index (χ1) is 9.42. The van der Waals surface area contributed by atoms with Crippen molar-refractivity contribution in [1.29, 1.82) is 0 Å². The van der Waals surface area contributed by atoms with E-state index in [2.05, 4.69) is 12.2 Å². The molecule has 0 aromatic carbocycles. The lowest BCUT2D eigenvalue weighted by Crippen LogP contribution is -2.41. The van der Waals surface area contributed by atoms with Crippen LogP contribution in [-0.4, -0.2) is 42.8 Å². The molecule has 4 nitrogen and oxygen atoms in total. The standard InChI is InChI=1S/C16H32N2O2/c1-5-11-18(15(19)20-16(2,3)4)12-10-17-13-14-8-6-7-9-14/h14,17H,5-13H2,1-4H3. The number of rotatable bonds is 7. The van der Waals surface area contributed by atoms with E-state index in [4.69, 9.17) is 4.74 Å². The predicted molar refractivity (Wildman–Crippen MR) is 82.9 cm³/mol. The summed E-state index contributed by atoms with van der Waals surface area (Å²) in [6.45, 7) is 11.3. The van der Waals surface area contributed by atoms with Gasteiger partial charge in [0.1, 0.15) is 5.60 Å². The van der Waals surface area contributed by atoms with Gasteiger partial charge in [0.15, 0.2) is 0 Å². The summed E-state index contributed by atoms with van der Waals surface area (Å²) in [5, 5.41) is 3.48. The highest BCUT2D eigenvalue weighted by molar-refractivity contribution is 5.68. The van der Waals surface area contributed by atoms with Gasteiger partial charge in [-0.1, -0.05) is 19.8 Å². The minimum absolute atomic E-state index is 0.193. The van der Waals surface area contributed by atoms with Gasteiger partial charge >= 0.3 is 6.09 Å². The third kappa shape index (κ3) is 7.13. The van der Waals surface area contributed by atoms with Gasteiger partial charge in [-0.15, -0.1) is 0 Å². The van der Waals surface area contributed by atoms with Crippen LogP contribution in [0.15, 0.2) is 0 Å². The highest BCUT2D eigenvalue weighted by Gasteiger charge is 2.21.